The molecule has 0 spiro atoms. The van der Waals surface area contributed by atoms with E-state index in [2.05, 4.69) is 46.8 Å². The van der Waals surface area contributed by atoms with Crippen LogP contribution >= 0.6 is 11.6 Å². The topological polar surface area (TPSA) is 9.23 Å². The van der Waals surface area contributed by atoms with Crippen molar-refractivity contribution in [2.24, 2.45) is 16.7 Å². The Morgan fingerprint density at radius 2 is 1.75 bits per heavy atom. The zero-order chi connectivity index (χ0) is 20.7. The summed E-state index contributed by atoms with van der Waals surface area (Å²) in [6, 6.07) is 11.0. The molecule has 28 heavy (non-hydrogen) atoms. The summed E-state index contributed by atoms with van der Waals surface area (Å²) in [4.78, 5) is 0. The van der Waals surface area contributed by atoms with Crippen LogP contribution in [0.4, 0.5) is 4.39 Å². The molecule has 0 aliphatic heterocycles. The van der Waals surface area contributed by atoms with E-state index in [1.807, 2.05) is 12.1 Å². The van der Waals surface area contributed by atoms with Crippen molar-refractivity contribution in [3.8, 4) is 16.9 Å². The number of alkyl halides is 1. The Balaban J connectivity index is 2.29. The normalized spacial score (nSPS) is 23.6. The number of benzene rings is 2. The molecule has 0 unspecified atom stereocenters. The summed E-state index contributed by atoms with van der Waals surface area (Å²) in [6.07, 6.45) is 3.39. The molecule has 150 valence electrons. The van der Waals surface area contributed by atoms with E-state index >= 15 is 0 Å². The van der Waals surface area contributed by atoms with Crippen LogP contribution in [0.15, 0.2) is 42.5 Å². The molecule has 3 rings (SSSR count). The van der Waals surface area contributed by atoms with Crippen LogP contribution in [0.2, 0.25) is 0 Å². The van der Waals surface area contributed by atoms with E-state index < -0.39 is 0 Å². The van der Waals surface area contributed by atoms with E-state index in [4.69, 9.17) is 16.3 Å². The molecule has 0 amide bonds. The summed E-state index contributed by atoms with van der Waals surface area (Å²) in [5.74, 6) is 1.26. The first kappa shape index (κ1) is 20.9. The highest BCUT2D eigenvalue weighted by Crippen LogP contribution is 2.61. The maximum Gasteiger partial charge on any atom is 0.131 e. The van der Waals surface area contributed by atoms with Crippen LogP contribution in [0.25, 0.3) is 16.7 Å². The number of allylic oxidation sites excluding steroid dienone is 2. The Labute approximate surface area is 173 Å². The first-order chi connectivity index (χ1) is 13.2. The third-order valence-electron chi connectivity index (χ3n) is 7.27. The Morgan fingerprint density at radius 3 is 2.36 bits per heavy atom. The Morgan fingerprint density at radius 1 is 1.04 bits per heavy atom. The van der Waals surface area contributed by atoms with Gasteiger partial charge in [-0.25, -0.2) is 4.39 Å². The average molecular weight is 401 g/mol. The number of methoxy groups -OCH3 is 1. The highest BCUT2D eigenvalue weighted by molar-refractivity contribution is 6.17. The second-order valence-corrected chi connectivity index (χ2v) is 8.90. The molecule has 0 fully saturated rings. The van der Waals surface area contributed by atoms with E-state index in [0.717, 1.165) is 23.1 Å². The number of hydrogen-bond acceptors (Lipinski definition) is 1. The number of rotatable bonds is 5. The lowest BCUT2D eigenvalue weighted by molar-refractivity contribution is 0.124. The van der Waals surface area contributed by atoms with Crippen LogP contribution in [0, 0.1) is 22.6 Å². The molecule has 2 aromatic rings. The summed E-state index contributed by atoms with van der Waals surface area (Å²) in [7, 11) is 1.60. The van der Waals surface area contributed by atoms with Gasteiger partial charge >= 0.3 is 0 Å². The molecule has 2 aromatic carbocycles. The third-order valence-corrected chi connectivity index (χ3v) is 7.58. The molecule has 1 nitrogen and oxygen atoms in total. The van der Waals surface area contributed by atoms with Gasteiger partial charge in [-0.2, -0.15) is 0 Å². The molecule has 0 aromatic heterocycles. The fourth-order valence-corrected chi connectivity index (χ4v) is 4.66. The van der Waals surface area contributed by atoms with E-state index in [9.17, 15) is 4.39 Å². The molecule has 3 heteroatoms. The van der Waals surface area contributed by atoms with E-state index in [-0.39, 0.29) is 16.6 Å². The van der Waals surface area contributed by atoms with Gasteiger partial charge in [-0.05, 0) is 69.7 Å². The first-order valence-corrected chi connectivity index (χ1v) is 10.5. The van der Waals surface area contributed by atoms with Gasteiger partial charge in [0.05, 0.1) is 7.11 Å². The Kier molecular flexibility index (Phi) is 5.64. The van der Waals surface area contributed by atoms with E-state index in [1.54, 1.807) is 19.2 Å². The molecular formula is C25H30ClFO. The lowest BCUT2D eigenvalue weighted by atomic mass is 9.60. The first-order valence-electron chi connectivity index (χ1n) is 9.95. The second-order valence-electron chi connectivity index (χ2n) is 8.64. The van der Waals surface area contributed by atoms with Gasteiger partial charge in [-0.3, -0.25) is 0 Å². The minimum atomic E-state index is -0.246. The van der Waals surface area contributed by atoms with Crippen molar-refractivity contribution in [2.75, 3.05) is 7.11 Å². The summed E-state index contributed by atoms with van der Waals surface area (Å²) in [6.45, 7) is 11.5. The van der Waals surface area contributed by atoms with Crippen molar-refractivity contribution >= 4 is 17.2 Å². The van der Waals surface area contributed by atoms with Gasteiger partial charge in [0, 0.05) is 11.4 Å². The lowest BCUT2D eigenvalue weighted by Crippen LogP contribution is -2.35. The average Bonchev–Trinajstić information content (AvgIpc) is 2.88. The molecule has 0 N–H and O–H groups in total. The van der Waals surface area contributed by atoms with Crippen molar-refractivity contribution in [1.82, 2.24) is 0 Å². The summed E-state index contributed by atoms with van der Waals surface area (Å²) < 4.78 is 20.2. The lowest BCUT2D eigenvalue weighted by Gasteiger charge is -2.43. The van der Waals surface area contributed by atoms with Crippen molar-refractivity contribution < 1.29 is 9.13 Å². The number of halogens is 2. The van der Waals surface area contributed by atoms with Crippen LogP contribution in [-0.4, -0.2) is 7.11 Å². The zero-order valence-electron chi connectivity index (χ0n) is 17.7. The predicted octanol–water partition coefficient (Wildman–Crippen LogP) is 7.72. The summed E-state index contributed by atoms with van der Waals surface area (Å²) >= 11 is 6.16. The molecule has 0 saturated heterocycles. The molecule has 2 atom stereocenters. The maximum absolute atomic E-state index is 14.8. The molecular weight excluding hydrogens is 371 g/mol. The van der Waals surface area contributed by atoms with Gasteiger partial charge in [-0.1, -0.05) is 52.8 Å². The highest BCUT2D eigenvalue weighted by Gasteiger charge is 2.50. The van der Waals surface area contributed by atoms with Crippen molar-refractivity contribution in [1.29, 1.82) is 0 Å². The molecule has 1 aliphatic carbocycles. The fourth-order valence-electron chi connectivity index (χ4n) is 4.49. The summed E-state index contributed by atoms with van der Waals surface area (Å²) in [5.41, 5.74) is 4.96. The van der Waals surface area contributed by atoms with Gasteiger partial charge in [0.1, 0.15) is 11.6 Å². The van der Waals surface area contributed by atoms with Crippen molar-refractivity contribution in [2.45, 2.75) is 46.9 Å². The standard InChI is InChI=1S/C25H30ClFO/c1-7-25(5)22(12-16(2)24(25,3)4)20-13-17(15-26)8-10-19(20)21-14-18(28-6)9-11-23(21)27/h8-14,16H,7,15H2,1-6H3/t16-,25+/m1/s1. The zero-order valence-corrected chi connectivity index (χ0v) is 18.5. The minimum absolute atomic E-state index is 0.0125. The van der Waals surface area contributed by atoms with Crippen LogP contribution in [-0.2, 0) is 5.88 Å². The van der Waals surface area contributed by atoms with Gasteiger partial charge in [0.25, 0.3) is 0 Å². The van der Waals surface area contributed by atoms with Gasteiger partial charge in [0.2, 0.25) is 0 Å². The van der Waals surface area contributed by atoms with Crippen LogP contribution in [0.1, 0.15) is 52.2 Å². The molecule has 0 radical (unpaired) electrons. The smallest absolute Gasteiger partial charge is 0.131 e. The van der Waals surface area contributed by atoms with E-state index in [0.29, 0.717) is 23.1 Å². The number of ether oxygens (including phenoxy) is 1. The largest absolute Gasteiger partial charge is 0.497 e. The third kappa shape index (κ3) is 3.16. The SMILES string of the molecule is CC[C@@]1(C)C(c2cc(CCl)ccc2-c2cc(OC)ccc2F)=C[C@@H](C)C1(C)C. The van der Waals surface area contributed by atoms with Crippen LogP contribution < -0.4 is 4.74 Å². The predicted molar refractivity (Wildman–Crippen MR) is 117 cm³/mol. The highest BCUT2D eigenvalue weighted by atomic mass is 35.5. The molecule has 0 saturated carbocycles. The van der Waals surface area contributed by atoms with Gasteiger partial charge in [0.15, 0.2) is 0 Å². The van der Waals surface area contributed by atoms with Gasteiger partial charge < -0.3 is 4.74 Å². The minimum Gasteiger partial charge on any atom is -0.497 e. The Hall–Kier alpha value is -1.80. The second kappa shape index (κ2) is 7.55. The summed E-state index contributed by atoms with van der Waals surface area (Å²) in [5, 5.41) is 0. The van der Waals surface area contributed by atoms with Crippen LogP contribution in [0.5, 0.6) is 5.75 Å². The maximum atomic E-state index is 14.8. The molecule has 1 aliphatic rings. The van der Waals surface area contributed by atoms with Gasteiger partial charge in [-0.15, -0.1) is 11.6 Å². The quantitative estimate of drug-likeness (QED) is 0.467. The monoisotopic (exact) mass is 400 g/mol. The van der Waals surface area contributed by atoms with E-state index in [1.165, 1.54) is 11.6 Å². The molecule has 0 heterocycles. The van der Waals surface area contributed by atoms with Crippen LogP contribution in [0.3, 0.4) is 0 Å². The van der Waals surface area contributed by atoms with Crippen molar-refractivity contribution in [3.05, 3.63) is 59.4 Å². The number of hydrogen-bond donors (Lipinski definition) is 0. The Bertz CT molecular complexity index is 915. The fraction of sp³-hybridized carbons (Fsp3) is 0.440. The molecule has 0 bridgehead atoms. The van der Waals surface area contributed by atoms with Crippen molar-refractivity contribution in [3.63, 3.8) is 0 Å².